The molecule has 2 aromatic rings. The first-order valence-corrected chi connectivity index (χ1v) is 5.03. The molecule has 1 N–H and O–H groups in total. The maximum atomic E-state index is 11.0. The van der Waals surface area contributed by atoms with Crippen LogP contribution in [0.3, 0.4) is 0 Å². The van der Waals surface area contributed by atoms with E-state index >= 15 is 0 Å². The summed E-state index contributed by atoms with van der Waals surface area (Å²) in [5.41, 5.74) is -0.293. The fourth-order valence-corrected chi connectivity index (χ4v) is 1.30. The van der Waals surface area contributed by atoms with Gasteiger partial charge in [0.05, 0.1) is 18.6 Å². The molecule has 0 amide bonds. The van der Waals surface area contributed by atoms with Crippen LogP contribution in [-0.2, 0) is 6.54 Å². The van der Waals surface area contributed by atoms with Crippen LogP contribution < -0.4 is 10.3 Å². The molecule has 0 atom stereocenters. The van der Waals surface area contributed by atoms with Crippen LogP contribution in [0.4, 0.5) is 0 Å². The van der Waals surface area contributed by atoms with Crippen LogP contribution in [0.25, 0.3) is 0 Å². The minimum Gasteiger partial charge on any atom is -0.452 e. The highest BCUT2D eigenvalue weighted by atomic mass is 16.5. The number of ether oxygens (including phenoxy) is 1. The molecule has 0 aliphatic carbocycles. The van der Waals surface area contributed by atoms with Crippen molar-refractivity contribution in [3.8, 4) is 11.5 Å². The Labute approximate surface area is 91.9 Å². The Kier molecular flexibility index (Phi) is 3.00. The molecule has 84 valence electrons. The molecule has 0 bridgehead atoms. The smallest absolute Gasteiger partial charge is 0.267 e. The van der Waals surface area contributed by atoms with Gasteiger partial charge in [0, 0.05) is 12.6 Å². The van der Waals surface area contributed by atoms with Crippen molar-refractivity contribution in [1.82, 2.24) is 20.0 Å². The number of nitrogens with one attached hydrogen (secondary N) is 1. The van der Waals surface area contributed by atoms with Gasteiger partial charge in [0.15, 0.2) is 11.5 Å². The lowest BCUT2D eigenvalue weighted by atomic mass is 10.5. The number of hydrogen-bond acceptors (Lipinski definition) is 4. The zero-order valence-electron chi connectivity index (χ0n) is 8.88. The predicted octanol–water partition coefficient (Wildman–Crippen LogP) is 1.17. The van der Waals surface area contributed by atoms with Crippen LogP contribution in [0.2, 0.25) is 0 Å². The minimum absolute atomic E-state index is 0.293. The minimum atomic E-state index is -0.293. The second-order valence-electron chi connectivity index (χ2n) is 3.32. The fraction of sp³-hybridized carbons (Fsp3) is 0.300. The maximum Gasteiger partial charge on any atom is 0.267 e. The summed E-state index contributed by atoms with van der Waals surface area (Å²) in [7, 11) is 0. The van der Waals surface area contributed by atoms with Crippen LogP contribution in [0.5, 0.6) is 11.5 Å². The van der Waals surface area contributed by atoms with Gasteiger partial charge >= 0.3 is 0 Å². The topological polar surface area (TPSA) is 72.8 Å². The summed E-state index contributed by atoms with van der Waals surface area (Å²) in [5, 5.41) is 10.0. The summed E-state index contributed by atoms with van der Waals surface area (Å²) in [6, 6.07) is 1.34. The second-order valence-corrected chi connectivity index (χ2v) is 3.32. The van der Waals surface area contributed by atoms with Gasteiger partial charge in [-0.2, -0.15) is 10.2 Å². The first kappa shape index (κ1) is 10.4. The molecule has 2 heterocycles. The van der Waals surface area contributed by atoms with Gasteiger partial charge in [0.1, 0.15) is 0 Å². The quantitative estimate of drug-likeness (QED) is 0.839. The van der Waals surface area contributed by atoms with E-state index < -0.39 is 0 Å². The van der Waals surface area contributed by atoms with Gasteiger partial charge in [0.25, 0.3) is 5.56 Å². The van der Waals surface area contributed by atoms with Crippen molar-refractivity contribution in [3.63, 3.8) is 0 Å². The molecule has 6 heteroatoms. The molecule has 2 aromatic heterocycles. The number of aromatic nitrogens is 4. The summed E-state index contributed by atoms with van der Waals surface area (Å²) in [6.07, 6.45) is 5.84. The molecule has 0 aromatic carbocycles. The van der Waals surface area contributed by atoms with Crippen molar-refractivity contribution in [2.75, 3.05) is 0 Å². The molecule has 2 rings (SSSR count). The molecular formula is C10H12N4O2. The number of H-pyrrole nitrogens is 1. The maximum absolute atomic E-state index is 11.0. The number of nitrogens with zero attached hydrogens (tertiary/aromatic N) is 3. The van der Waals surface area contributed by atoms with E-state index in [0.717, 1.165) is 13.0 Å². The highest BCUT2D eigenvalue weighted by Crippen LogP contribution is 2.17. The molecule has 0 fully saturated rings. The molecule has 6 nitrogen and oxygen atoms in total. The van der Waals surface area contributed by atoms with Crippen molar-refractivity contribution >= 4 is 0 Å². The first-order valence-electron chi connectivity index (χ1n) is 5.03. The average molecular weight is 220 g/mol. The molecule has 0 radical (unpaired) electrons. The van der Waals surface area contributed by atoms with Gasteiger partial charge in [-0.1, -0.05) is 6.92 Å². The number of aromatic amines is 1. The van der Waals surface area contributed by atoms with Gasteiger partial charge in [-0.15, -0.1) is 0 Å². The van der Waals surface area contributed by atoms with Crippen molar-refractivity contribution in [1.29, 1.82) is 0 Å². The van der Waals surface area contributed by atoms with E-state index in [-0.39, 0.29) is 5.56 Å². The Bertz CT molecular complexity index is 517. The van der Waals surface area contributed by atoms with Gasteiger partial charge in [-0.3, -0.25) is 9.48 Å². The lowest BCUT2D eigenvalue weighted by Gasteiger charge is -2.00. The third-order valence-corrected chi connectivity index (χ3v) is 1.94. The summed E-state index contributed by atoms with van der Waals surface area (Å²) in [4.78, 5) is 11.0. The van der Waals surface area contributed by atoms with Crippen LogP contribution >= 0.6 is 0 Å². The molecule has 0 saturated carbocycles. The normalized spacial score (nSPS) is 10.3. The third-order valence-electron chi connectivity index (χ3n) is 1.94. The summed E-state index contributed by atoms with van der Waals surface area (Å²) < 4.78 is 7.21. The van der Waals surface area contributed by atoms with Crippen molar-refractivity contribution in [3.05, 3.63) is 35.0 Å². The van der Waals surface area contributed by atoms with E-state index in [1.54, 1.807) is 17.1 Å². The standard InChI is InChI=1S/C10H12N4O2/c1-2-3-14-7-9(6-12-14)16-8-4-10(15)13-11-5-8/h4-7H,2-3H2,1H3,(H,13,15). The Balaban J connectivity index is 2.11. The van der Waals surface area contributed by atoms with Gasteiger partial charge < -0.3 is 4.74 Å². The van der Waals surface area contributed by atoms with Gasteiger partial charge in [0.2, 0.25) is 0 Å². The molecule has 0 unspecified atom stereocenters. The van der Waals surface area contributed by atoms with Crippen molar-refractivity contribution in [2.45, 2.75) is 19.9 Å². The van der Waals surface area contributed by atoms with Crippen molar-refractivity contribution < 1.29 is 4.74 Å². The van der Waals surface area contributed by atoms with E-state index in [2.05, 4.69) is 22.2 Å². The lowest BCUT2D eigenvalue weighted by molar-refractivity contribution is 0.475. The molecule has 0 spiro atoms. The molecule has 16 heavy (non-hydrogen) atoms. The Hall–Kier alpha value is -2.11. The zero-order chi connectivity index (χ0) is 11.4. The summed E-state index contributed by atoms with van der Waals surface area (Å²) in [5.74, 6) is 1.00. The molecule has 0 aliphatic rings. The molecular weight excluding hydrogens is 208 g/mol. The fourth-order valence-electron chi connectivity index (χ4n) is 1.30. The van der Waals surface area contributed by atoms with Gasteiger partial charge in [-0.05, 0) is 6.42 Å². The highest BCUT2D eigenvalue weighted by Gasteiger charge is 2.01. The van der Waals surface area contributed by atoms with E-state index in [1.807, 2.05) is 0 Å². The second kappa shape index (κ2) is 4.61. The number of hydrogen-bond donors (Lipinski definition) is 1. The lowest BCUT2D eigenvalue weighted by Crippen LogP contribution is -2.05. The largest absolute Gasteiger partial charge is 0.452 e. The third kappa shape index (κ3) is 2.47. The average Bonchev–Trinajstić information content (AvgIpc) is 2.66. The van der Waals surface area contributed by atoms with Crippen LogP contribution in [0.1, 0.15) is 13.3 Å². The Morgan fingerprint density at radius 2 is 2.31 bits per heavy atom. The number of rotatable bonds is 4. The van der Waals surface area contributed by atoms with E-state index in [0.29, 0.717) is 11.5 Å². The van der Waals surface area contributed by atoms with E-state index in [1.165, 1.54) is 12.3 Å². The Morgan fingerprint density at radius 1 is 1.44 bits per heavy atom. The number of aryl methyl sites for hydroxylation is 1. The van der Waals surface area contributed by atoms with E-state index in [9.17, 15) is 4.79 Å². The summed E-state index contributed by atoms with van der Waals surface area (Å²) in [6.45, 7) is 2.92. The summed E-state index contributed by atoms with van der Waals surface area (Å²) >= 11 is 0. The Morgan fingerprint density at radius 3 is 3.06 bits per heavy atom. The molecule has 0 saturated heterocycles. The van der Waals surface area contributed by atoms with Crippen molar-refractivity contribution in [2.24, 2.45) is 0 Å². The highest BCUT2D eigenvalue weighted by molar-refractivity contribution is 5.23. The van der Waals surface area contributed by atoms with Crippen LogP contribution in [-0.4, -0.2) is 20.0 Å². The predicted molar refractivity (Wildman–Crippen MR) is 57.4 cm³/mol. The van der Waals surface area contributed by atoms with Crippen LogP contribution in [0.15, 0.2) is 29.5 Å². The van der Waals surface area contributed by atoms with Crippen LogP contribution in [0, 0.1) is 0 Å². The molecule has 0 aliphatic heterocycles. The first-order chi connectivity index (χ1) is 7.78. The SMILES string of the molecule is CCCn1cc(Oc2cn[nH]c(=O)c2)cn1. The zero-order valence-corrected chi connectivity index (χ0v) is 8.88. The van der Waals surface area contributed by atoms with E-state index in [4.69, 9.17) is 4.74 Å². The van der Waals surface area contributed by atoms with Gasteiger partial charge in [-0.25, -0.2) is 5.10 Å². The monoisotopic (exact) mass is 220 g/mol.